The number of methoxy groups -OCH3 is 1. The molecule has 0 bridgehead atoms. The molecule has 0 aliphatic heterocycles. The molecule has 0 saturated carbocycles. The second kappa shape index (κ2) is 8.30. The molecule has 0 aliphatic rings. The van der Waals surface area contributed by atoms with Crippen molar-refractivity contribution in [2.45, 2.75) is 38.8 Å². The van der Waals surface area contributed by atoms with E-state index in [0.717, 1.165) is 0 Å². The van der Waals surface area contributed by atoms with Gasteiger partial charge in [0.2, 0.25) is 0 Å². The predicted molar refractivity (Wildman–Crippen MR) is 85.1 cm³/mol. The number of rotatable bonds is 6. The molecule has 0 aliphatic carbocycles. The van der Waals surface area contributed by atoms with E-state index in [-0.39, 0.29) is 18.8 Å². The van der Waals surface area contributed by atoms with Gasteiger partial charge in [-0.25, -0.2) is 4.79 Å². The van der Waals surface area contributed by atoms with Crippen molar-refractivity contribution in [2.75, 3.05) is 13.7 Å². The number of carbonyl (C=O) groups excluding carboxylic acids is 2. The summed E-state index contributed by atoms with van der Waals surface area (Å²) in [6.07, 6.45) is -0.508. The molecule has 6 heteroatoms. The van der Waals surface area contributed by atoms with Gasteiger partial charge >= 0.3 is 6.09 Å². The van der Waals surface area contributed by atoms with Crippen LogP contribution in [0.3, 0.4) is 0 Å². The fourth-order valence-electron chi connectivity index (χ4n) is 1.90. The normalized spacial score (nSPS) is 12.1. The molecule has 0 heterocycles. The quantitative estimate of drug-likeness (QED) is 0.815. The van der Waals surface area contributed by atoms with E-state index in [0.29, 0.717) is 11.1 Å². The third kappa shape index (κ3) is 6.94. The number of ketones is 1. The monoisotopic (exact) mass is 318 g/mol. The first kappa shape index (κ1) is 18.7. The van der Waals surface area contributed by atoms with Crippen molar-refractivity contribution in [3.8, 4) is 6.07 Å². The summed E-state index contributed by atoms with van der Waals surface area (Å²) in [6.45, 7) is 5.49. The third-order valence-electron chi connectivity index (χ3n) is 2.86. The summed E-state index contributed by atoms with van der Waals surface area (Å²) >= 11 is 0. The van der Waals surface area contributed by atoms with E-state index in [4.69, 9.17) is 14.7 Å². The number of benzene rings is 1. The van der Waals surface area contributed by atoms with Crippen molar-refractivity contribution in [2.24, 2.45) is 0 Å². The second-order valence-electron chi connectivity index (χ2n) is 6.11. The molecule has 1 atom stereocenters. The number of nitrogens with zero attached hydrogens (tertiary/aromatic N) is 1. The molecule has 6 nitrogen and oxygen atoms in total. The lowest BCUT2D eigenvalue weighted by Gasteiger charge is -2.23. The SMILES string of the molecule is COCC(CC(=O)c1ccc(C#N)cc1)NC(=O)OC(C)(C)C. The lowest BCUT2D eigenvalue weighted by molar-refractivity contribution is 0.0464. The number of hydrogen-bond acceptors (Lipinski definition) is 5. The van der Waals surface area contributed by atoms with Gasteiger partial charge in [-0.05, 0) is 32.9 Å². The zero-order valence-electron chi connectivity index (χ0n) is 13.9. The van der Waals surface area contributed by atoms with Gasteiger partial charge in [-0.15, -0.1) is 0 Å². The maximum atomic E-state index is 12.3. The van der Waals surface area contributed by atoms with Crippen LogP contribution in [0.5, 0.6) is 0 Å². The fraction of sp³-hybridized carbons (Fsp3) is 0.471. The molecule has 1 aromatic rings. The zero-order valence-corrected chi connectivity index (χ0v) is 13.9. The summed E-state index contributed by atoms with van der Waals surface area (Å²) in [6, 6.07) is 7.87. The number of alkyl carbamates (subject to hydrolysis) is 1. The first-order valence-electron chi connectivity index (χ1n) is 7.27. The molecule has 1 unspecified atom stereocenters. The molecule has 1 aromatic carbocycles. The van der Waals surface area contributed by atoms with Crippen LogP contribution in [-0.2, 0) is 9.47 Å². The summed E-state index contributed by atoms with van der Waals surface area (Å²) in [5.74, 6) is -0.146. The maximum absolute atomic E-state index is 12.3. The first-order chi connectivity index (χ1) is 10.7. The fourth-order valence-corrected chi connectivity index (χ4v) is 1.90. The average Bonchev–Trinajstić information content (AvgIpc) is 2.45. The summed E-state index contributed by atoms with van der Waals surface area (Å²) in [4.78, 5) is 24.1. The van der Waals surface area contributed by atoms with Gasteiger partial charge in [-0.2, -0.15) is 5.26 Å². The van der Waals surface area contributed by atoms with Gasteiger partial charge in [0.05, 0.1) is 24.3 Å². The van der Waals surface area contributed by atoms with Crippen LogP contribution in [-0.4, -0.2) is 37.2 Å². The molecule has 124 valence electrons. The van der Waals surface area contributed by atoms with Crippen molar-refractivity contribution in [1.29, 1.82) is 5.26 Å². The Labute approximate surface area is 136 Å². The average molecular weight is 318 g/mol. The van der Waals surface area contributed by atoms with E-state index in [2.05, 4.69) is 5.32 Å². The lowest BCUT2D eigenvalue weighted by atomic mass is 10.0. The Morgan fingerprint density at radius 2 is 1.87 bits per heavy atom. The van der Waals surface area contributed by atoms with Crippen LogP contribution >= 0.6 is 0 Å². The Balaban J connectivity index is 2.68. The highest BCUT2D eigenvalue weighted by Gasteiger charge is 2.21. The van der Waals surface area contributed by atoms with Crippen LogP contribution in [0, 0.1) is 11.3 Å². The number of nitrogens with one attached hydrogen (secondary N) is 1. The van der Waals surface area contributed by atoms with Crippen LogP contribution in [0.1, 0.15) is 43.1 Å². The predicted octanol–water partition coefficient (Wildman–Crippen LogP) is 2.67. The maximum Gasteiger partial charge on any atom is 0.407 e. The lowest BCUT2D eigenvalue weighted by Crippen LogP contribution is -2.42. The highest BCUT2D eigenvalue weighted by atomic mass is 16.6. The summed E-state index contributed by atoms with van der Waals surface area (Å²) in [7, 11) is 1.50. The molecule has 1 rings (SSSR count). The highest BCUT2D eigenvalue weighted by Crippen LogP contribution is 2.10. The van der Waals surface area contributed by atoms with Crippen LogP contribution in [0.4, 0.5) is 4.79 Å². The minimum absolute atomic E-state index is 0.0823. The number of hydrogen-bond donors (Lipinski definition) is 1. The largest absolute Gasteiger partial charge is 0.444 e. The zero-order chi connectivity index (χ0) is 17.5. The van der Waals surface area contributed by atoms with Crippen molar-refractivity contribution >= 4 is 11.9 Å². The smallest absolute Gasteiger partial charge is 0.407 e. The summed E-state index contributed by atoms with van der Waals surface area (Å²) < 4.78 is 10.2. The molecule has 0 saturated heterocycles. The molecule has 0 aromatic heterocycles. The standard InChI is InChI=1S/C17H22N2O4/c1-17(2,3)23-16(21)19-14(11-22-4)9-15(20)13-7-5-12(10-18)6-8-13/h5-8,14H,9,11H2,1-4H3,(H,19,21). The van der Waals surface area contributed by atoms with Crippen LogP contribution < -0.4 is 5.32 Å². The number of amides is 1. The van der Waals surface area contributed by atoms with Crippen molar-refractivity contribution < 1.29 is 19.1 Å². The van der Waals surface area contributed by atoms with E-state index in [9.17, 15) is 9.59 Å². The van der Waals surface area contributed by atoms with Gasteiger partial charge in [0.15, 0.2) is 5.78 Å². The molecule has 0 fully saturated rings. The van der Waals surface area contributed by atoms with E-state index in [1.807, 2.05) is 6.07 Å². The van der Waals surface area contributed by atoms with Gasteiger partial charge in [0.25, 0.3) is 0 Å². The van der Waals surface area contributed by atoms with Gasteiger partial charge in [0, 0.05) is 19.1 Å². The number of carbonyl (C=O) groups is 2. The molecule has 23 heavy (non-hydrogen) atoms. The van der Waals surface area contributed by atoms with Crippen LogP contribution in [0.15, 0.2) is 24.3 Å². The molecule has 0 radical (unpaired) electrons. The van der Waals surface area contributed by atoms with Gasteiger partial charge < -0.3 is 14.8 Å². The Morgan fingerprint density at radius 3 is 2.35 bits per heavy atom. The molecular weight excluding hydrogens is 296 g/mol. The summed E-state index contributed by atoms with van der Waals surface area (Å²) in [5, 5.41) is 11.4. The van der Waals surface area contributed by atoms with E-state index >= 15 is 0 Å². The molecule has 0 spiro atoms. The van der Waals surface area contributed by atoms with Crippen molar-refractivity contribution in [3.63, 3.8) is 0 Å². The first-order valence-corrected chi connectivity index (χ1v) is 7.27. The van der Waals surface area contributed by atoms with Crippen LogP contribution in [0.25, 0.3) is 0 Å². The van der Waals surface area contributed by atoms with E-state index in [1.165, 1.54) is 7.11 Å². The minimum Gasteiger partial charge on any atom is -0.444 e. The Kier molecular flexibility index (Phi) is 6.73. The minimum atomic E-state index is -0.612. The topological polar surface area (TPSA) is 88.4 Å². The van der Waals surface area contributed by atoms with Gasteiger partial charge in [-0.3, -0.25) is 4.79 Å². The van der Waals surface area contributed by atoms with Gasteiger partial charge in [-0.1, -0.05) is 12.1 Å². The Hall–Kier alpha value is -2.39. The second-order valence-corrected chi connectivity index (χ2v) is 6.11. The van der Waals surface area contributed by atoms with Gasteiger partial charge in [0.1, 0.15) is 5.60 Å². The molecular formula is C17H22N2O4. The number of ether oxygens (including phenoxy) is 2. The Morgan fingerprint density at radius 1 is 1.26 bits per heavy atom. The summed E-state index contributed by atoms with van der Waals surface area (Å²) in [5.41, 5.74) is 0.358. The van der Waals surface area contributed by atoms with Crippen LogP contribution in [0.2, 0.25) is 0 Å². The third-order valence-corrected chi connectivity index (χ3v) is 2.86. The van der Waals surface area contributed by atoms with Crippen molar-refractivity contribution in [3.05, 3.63) is 35.4 Å². The Bertz CT molecular complexity index is 582. The van der Waals surface area contributed by atoms with Crippen molar-refractivity contribution in [1.82, 2.24) is 5.32 Å². The number of Topliss-reactive ketones (excluding diaryl/α,β-unsaturated/α-hetero) is 1. The number of nitriles is 1. The van der Waals surface area contributed by atoms with E-state index < -0.39 is 17.7 Å². The highest BCUT2D eigenvalue weighted by molar-refractivity contribution is 5.96. The molecule has 1 N–H and O–H groups in total. The van der Waals surface area contributed by atoms with E-state index in [1.54, 1.807) is 45.0 Å². The molecule has 1 amide bonds.